The molecule has 0 radical (unpaired) electrons. The van der Waals surface area contributed by atoms with E-state index >= 15 is 0 Å². The van der Waals surface area contributed by atoms with Crippen molar-refractivity contribution >= 4 is 5.91 Å². The number of carbonyl (C=O) groups excluding carboxylic acids is 1. The fourth-order valence-electron chi connectivity index (χ4n) is 3.11. The van der Waals surface area contributed by atoms with E-state index in [9.17, 15) is 9.90 Å². The van der Waals surface area contributed by atoms with Crippen molar-refractivity contribution in [1.82, 2.24) is 15.3 Å². The van der Waals surface area contributed by atoms with Crippen LogP contribution in [0.4, 0.5) is 0 Å². The Balaban J connectivity index is 1.88. The molecule has 1 aliphatic carbocycles. The van der Waals surface area contributed by atoms with Crippen molar-refractivity contribution < 1.29 is 9.90 Å². The number of aryl methyl sites for hydroxylation is 1. The minimum Gasteiger partial charge on any atom is -0.388 e. The molecule has 0 saturated heterocycles. The lowest BCUT2D eigenvalue weighted by Crippen LogP contribution is -2.46. The van der Waals surface area contributed by atoms with Gasteiger partial charge in [0.2, 0.25) is 0 Å². The van der Waals surface area contributed by atoms with Crippen molar-refractivity contribution in [2.75, 3.05) is 6.54 Å². The molecule has 1 saturated carbocycles. The van der Waals surface area contributed by atoms with E-state index in [4.69, 9.17) is 0 Å². The van der Waals surface area contributed by atoms with Gasteiger partial charge in [-0.15, -0.1) is 0 Å². The van der Waals surface area contributed by atoms with Gasteiger partial charge in [-0.25, -0.2) is 9.97 Å². The van der Waals surface area contributed by atoms with Crippen molar-refractivity contribution in [2.24, 2.45) is 11.3 Å². The first kappa shape index (κ1) is 16.9. The molecule has 22 heavy (non-hydrogen) atoms. The molecule has 0 bridgehead atoms. The Bertz CT molecular complexity index is 529. The topological polar surface area (TPSA) is 75.1 Å². The zero-order chi connectivity index (χ0) is 16.4. The standard InChI is InChI=1S/C17H27N3O2/c1-12-9-14(20-11-19-12)15(21)18-10-17(22)7-5-13(6-8-17)16(2,3)4/h9,11,13,22H,5-8,10H2,1-4H3,(H,18,21). The monoisotopic (exact) mass is 305 g/mol. The fraction of sp³-hybridized carbons (Fsp3) is 0.706. The van der Waals surface area contributed by atoms with Gasteiger partial charge in [0.25, 0.3) is 5.91 Å². The molecule has 0 unspecified atom stereocenters. The van der Waals surface area contributed by atoms with Gasteiger partial charge in [-0.1, -0.05) is 20.8 Å². The number of amides is 1. The van der Waals surface area contributed by atoms with E-state index in [1.165, 1.54) is 6.33 Å². The van der Waals surface area contributed by atoms with Crippen molar-refractivity contribution in [1.29, 1.82) is 0 Å². The minimum absolute atomic E-state index is 0.253. The number of aromatic nitrogens is 2. The highest BCUT2D eigenvalue weighted by atomic mass is 16.3. The zero-order valence-electron chi connectivity index (χ0n) is 14.0. The first-order chi connectivity index (χ1) is 10.2. The Hall–Kier alpha value is -1.49. The van der Waals surface area contributed by atoms with Crippen LogP contribution in [0.5, 0.6) is 0 Å². The third-order valence-electron chi connectivity index (χ3n) is 4.76. The van der Waals surface area contributed by atoms with Gasteiger partial charge in [0.1, 0.15) is 12.0 Å². The molecule has 1 fully saturated rings. The summed E-state index contributed by atoms with van der Waals surface area (Å²) in [5.74, 6) is 0.380. The van der Waals surface area contributed by atoms with Crippen LogP contribution in [0.2, 0.25) is 0 Å². The van der Waals surface area contributed by atoms with Crippen molar-refractivity contribution in [3.63, 3.8) is 0 Å². The van der Waals surface area contributed by atoms with E-state index in [1.54, 1.807) is 6.07 Å². The Kier molecular flexibility index (Phi) is 4.85. The molecule has 1 heterocycles. The van der Waals surface area contributed by atoms with Gasteiger partial charge in [0, 0.05) is 12.2 Å². The minimum atomic E-state index is -0.792. The quantitative estimate of drug-likeness (QED) is 0.899. The summed E-state index contributed by atoms with van der Waals surface area (Å²) in [6.07, 6.45) is 4.86. The van der Waals surface area contributed by atoms with Crippen molar-refractivity contribution in [3.8, 4) is 0 Å². The van der Waals surface area contributed by atoms with Crippen LogP contribution in [-0.2, 0) is 0 Å². The summed E-state index contributed by atoms with van der Waals surface area (Å²) in [7, 11) is 0. The zero-order valence-corrected chi connectivity index (χ0v) is 14.0. The Morgan fingerprint density at radius 1 is 1.36 bits per heavy atom. The highest BCUT2D eigenvalue weighted by molar-refractivity contribution is 5.92. The maximum Gasteiger partial charge on any atom is 0.270 e. The Morgan fingerprint density at radius 2 is 2.00 bits per heavy atom. The summed E-state index contributed by atoms with van der Waals surface area (Å²) in [6.45, 7) is 8.86. The molecular formula is C17H27N3O2. The van der Waals surface area contributed by atoms with E-state index in [1.807, 2.05) is 6.92 Å². The maximum atomic E-state index is 12.1. The molecule has 0 atom stereocenters. The highest BCUT2D eigenvalue weighted by Gasteiger charge is 2.37. The second-order valence-corrected chi connectivity index (χ2v) is 7.59. The van der Waals surface area contributed by atoms with Gasteiger partial charge in [-0.05, 0) is 50.0 Å². The molecule has 2 N–H and O–H groups in total. The van der Waals surface area contributed by atoms with Crippen molar-refractivity contribution in [3.05, 3.63) is 23.8 Å². The first-order valence-electron chi connectivity index (χ1n) is 7.99. The molecule has 0 spiro atoms. The number of hydrogen-bond acceptors (Lipinski definition) is 4. The fourth-order valence-corrected chi connectivity index (χ4v) is 3.11. The predicted molar refractivity (Wildman–Crippen MR) is 85.5 cm³/mol. The second-order valence-electron chi connectivity index (χ2n) is 7.59. The van der Waals surface area contributed by atoms with Crippen LogP contribution < -0.4 is 5.32 Å². The molecule has 0 aliphatic heterocycles. The van der Waals surface area contributed by atoms with E-state index < -0.39 is 5.60 Å². The Morgan fingerprint density at radius 3 is 2.55 bits per heavy atom. The van der Waals surface area contributed by atoms with Crippen LogP contribution in [0.1, 0.15) is 62.6 Å². The Labute approximate surface area is 132 Å². The number of nitrogens with zero attached hydrogens (tertiary/aromatic N) is 2. The second kappa shape index (κ2) is 6.32. The molecule has 1 aliphatic rings. The number of hydrogen-bond donors (Lipinski definition) is 2. The normalized spacial score (nSPS) is 25.8. The predicted octanol–water partition coefficient (Wildman–Crippen LogP) is 2.48. The van der Waals surface area contributed by atoms with E-state index in [2.05, 4.69) is 36.1 Å². The van der Waals surface area contributed by atoms with Gasteiger partial charge in [-0.2, -0.15) is 0 Å². The van der Waals surface area contributed by atoms with Crippen LogP contribution in [0, 0.1) is 18.3 Å². The number of nitrogens with one attached hydrogen (secondary N) is 1. The largest absolute Gasteiger partial charge is 0.388 e. The van der Waals surface area contributed by atoms with Crippen molar-refractivity contribution in [2.45, 2.75) is 59.0 Å². The van der Waals surface area contributed by atoms with Crippen LogP contribution in [0.3, 0.4) is 0 Å². The van der Waals surface area contributed by atoms with Gasteiger partial charge in [0.05, 0.1) is 5.60 Å². The summed E-state index contributed by atoms with van der Waals surface area (Å²) in [4.78, 5) is 20.0. The van der Waals surface area contributed by atoms with Crippen LogP contribution in [0.25, 0.3) is 0 Å². The molecule has 1 aromatic rings. The summed E-state index contributed by atoms with van der Waals surface area (Å²) in [5, 5.41) is 13.5. The lowest BCUT2D eigenvalue weighted by molar-refractivity contribution is -0.0228. The van der Waals surface area contributed by atoms with Gasteiger partial charge in [0.15, 0.2) is 0 Å². The van der Waals surface area contributed by atoms with Crippen LogP contribution >= 0.6 is 0 Å². The molecule has 2 rings (SSSR count). The maximum absolute atomic E-state index is 12.1. The van der Waals surface area contributed by atoms with E-state index in [0.717, 1.165) is 31.4 Å². The van der Waals surface area contributed by atoms with E-state index in [0.29, 0.717) is 11.6 Å². The van der Waals surface area contributed by atoms with E-state index in [-0.39, 0.29) is 17.9 Å². The summed E-state index contributed by atoms with van der Waals surface area (Å²) >= 11 is 0. The summed E-state index contributed by atoms with van der Waals surface area (Å²) in [6, 6.07) is 1.65. The highest BCUT2D eigenvalue weighted by Crippen LogP contribution is 2.41. The number of rotatable bonds is 3. The first-order valence-corrected chi connectivity index (χ1v) is 7.99. The van der Waals surface area contributed by atoms with Gasteiger partial charge < -0.3 is 10.4 Å². The van der Waals surface area contributed by atoms with Crippen LogP contribution in [0.15, 0.2) is 12.4 Å². The molecule has 5 nitrogen and oxygen atoms in total. The number of carbonyl (C=O) groups is 1. The average Bonchev–Trinajstić information content (AvgIpc) is 2.44. The third-order valence-corrected chi connectivity index (χ3v) is 4.76. The molecule has 0 aromatic carbocycles. The van der Waals surface area contributed by atoms with Crippen LogP contribution in [-0.4, -0.2) is 33.1 Å². The third kappa shape index (κ3) is 4.26. The lowest BCUT2D eigenvalue weighted by atomic mass is 9.68. The molecule has 1 amide bonds. The molecule has 5 heteroatoms. The summed E-state index contributed by atoms with van der Waals surface area (Å²) < 4.78 is 0. The van der Waals surface area contributed by atoms with Gasteiger partial charge >= 0.3 is 0 Å². The average molecular weight is 305 g/mol. The SMILES string of the molecule is Cc1cc(C(=O)NCC2(O)CCC(C(C)(C)C)CC2)ncn1. The van der Waals surface area contributed by atoms with Gasteiger partial charge in [-0.3, -0.25) is 4.79 Å². The summed E-state index contributed by atoms with van der Waals surface area (Å²) in [5.41, 5.74) is 0.590. The molecule has 122 valence electrons. The lowest BCUT2D eigenvalue weighted by Gasteiger charge is -2.41. The molecule has 1 aromatic heterocycles. The number of aliphatic hydroxyl groups is 1. The molecular weight excluding hydrogens is 278 g/mol. The smallest absolute Gasteiger partial charge is 0.270 e.